The van der Waals surface area contributed by atoms with E-state index in [1.807, 2.05) is 0 Å². The van der Waals surface area contributed by atoms with Crippen LogP contribution in [0.15, 0.2) is 35.3 Å². The van der Waals surface area contributed by atoms with Crippen molar-refractivity contribution >= 4 is 11.6 Å². The number of rotatable bonds is 2. The van der Waals surface area contributed by atoms with Gasteiger partial charge in [0.2, 0.25) is 0 Å². The van der Waals surface area contributed by atoms with Crippen LogP contribution in [0.5, 0.6) is 0 Å². The van der Waals surface area contributed by atoms with Gasteiger partial charge in [0.05, 0.1) is 0 Å². The summed E-state index contributed by atoms with van der Waals surface area (Å²) < 4.78 is 1.47. The second-order valence-electron chi connectivity index (χ2n) is 4.09. The molecule has 2 aromatic heterocycles. The Morgan fingerprint density at radius 3 is 2.82 bits per heavy atom. The Kier molecular flexibility index (Phi) is 2.44. The third-order valence-electron chi connectivity index (χ3n) is 2.71. The molecule has 0 bridgehead atoms. The van der Waals surface area contributed by atoms with Gasteiger partial charge in [0.1, 0.15) is 16.8 Å². The van der Waals surface area contributed by atoms with E-state index in [4.69, 9.17) is 11.6 Å². The maximum Gasteiger partial charge on any atom is 0.256 e. The molecule has 1 fully saturated rings. The van der Waals surface area contributed by atoms with Crippen molar-refractivity contribution in [2.45, 2.75) is 18.8 Å². The largest absolute Gasteiger partial charge is 0.269 e. The Morgan fingerprint density at radius 2 is 2.12 bits per heavy atom. The van der Waals surface area contributed by atoms with Crippen LogP contribution in [0.4, 0.5) is 0 Å². The maximum atomic E-state index is 11.7. The van der Waals surface area contributed by atoms with Gasteiger partial charge in [0.15, 0.2) is 0 Å². The molecular weight excluding hydrogens is 238 g/mol. The second-order valence-corrected chi connectivity index (χ2v) is 4.48. The van der Waals surface area contributed by atoms with Crippen LogP contribution in [0, 0.1) is 0 Å². The first kappa shape index (κ1) is 10.5. The SMILES string of the molecule is O=c1ccccn1-c1cc(Cl)nc(C2CC2)n1. The molecule has 3 rings (SSSR count). The van der Waals surface area contributed by atoms with Crippen LogP contribution in [-0.2, 0) is 0 Å². The number of pyridine rings is 1. The van der Waals surface area contributed by atoms with Gasteiger partial charge in [-0.2, -0.15) is 0 Å². The highest BCUT2D eigenvalue weighted by Crippen LogP contribution is 2.38. The van der Waals surface area contributed by atoms with Gasteiger partial charge < -0.3 is 0 Å². The van der Waals surface area contributed by atoms with Gasteiger partial charge in [0, 0.05) is 24.2 Å². The zero-order valence-electron chi connectivity index (χ0n) is 9.01. The van der Waals surface area contributed by atoms with E-state index in [0.29, 0.717) is 16.9 Å². The second kappa shape index (κ2) is 3.96. The molecule has 0 aromatic carbocycles. The van der Waals surface area contributed by atoms with Crippen LogP contribution >= 0.6 is 11.6 Å². The van der Waals surface area contributed by atoms with Crippen molar-refractivity contribution in [1.82, 2.24) is 14.5 Å². The van der Waals surface area contributed by atoms with Crippen molar-refractivity contribution in [2.24, 2.45) is 0 Å². The lowest BCUT2D eigenvalue weighted by Gasteiger charge is -2.06. The average Bonchev–Trinajstić information content (AvgIpc) is 3.12. The number of hydrogen-bond donors (Lipinski definition) is 0. The lowest BCUT2D eigenvalue weighted by atomic mass is 10.4. The predicted molar refractivity (Wildman–Crippen MR) is 64.6 cm³/mol. The molecule has 1 aliphatic rings. The molecule has 0 aliphatic heterocycles. The Balaban J connectivity index is 2.14. The summed E-state index contributed by atoms with van der Waals surface area (Å²) in [6, 6.07) is 6.58. The van der Waals surface area contributed by atoms with Gasteiger partial charge in [-0.05, 0) is 18.9 Å². The Hall–Kier alpha value is -1.68. The zero-order valence-corrected chi connectivity index (χ0v) is 9.76. The minimum atomic E-state index is -0.121. The highest BCUT2D eigenvalue weighted by molar-refractivity contribution is 6.29. The lowest BCUT2D eigenvalue weighted by molar-refractivity contribution is 0.861. The summed E-state index contributed by atoms with van der Waals surface area (Å²) in [5, 5.41) is 0.382. The minimum Gasteiger partial charge on any atom is -0.269 e. The number of nitrogens with zero attached hydrogens (tertiary/aromatic N) is 3. The highest BCUT2D eigenvalue weighted by atomic mass is 35.5. The summed E-state index contributed by atoms with van der Waals surface area (Å²) in [6.45, 7) is 0. The van der Waals surface area contributed by atoms with Gasteiger partial charge in [0.25, 0.3) is 5.56 Å². The van der Waals surface area contributed by atoms with E-state index in [-0.39, 0.29) is 5.56 Å². The van der Waals surface area contributed by atoms with Crippen LogP contribution in [0.2, 0.25) is 5.15 Å². The van der Waals surface area contributed by atoms with Crippen LogP contribution in [0.3, 0.4) is 0 Å². The van der Waals surface area contributed by atoms with Crippen molar-refractivity contribution in [3.8, 4) is 5.82 Å². The fourth-order valence-corrected chi connectivity index (χ4v) is 1.87. The molecule has 17 heavy (non-hydrogen) atoms. The monoisotopic (exact) mass is 247 g/mol. The maximum absolute atomic E-state index is 11.7. The first-order chi connectivity index (χ1) is 8.24. The number of halogens is 1. The van der Waals surface area contributed by atoms with Gasteiger partial charge in [-0.3, -0.25) is 9.36 Å². The fourth-order valence-electron chi connectivity index (χ4n) is 1.69. The molecule has 2 heterocycles. The Labute approximate surface area is 103 Å². The number of aromatic nitrogens is 3. The molecule has 2 aromatic rings. The predicted octanol–water partition coefficient (Wildman–Crippen LogP) is 2.16. The summed E-state index contributed by atoms with van der Waals surface area (Å²) in [5.74, 6) is 1.69. The standard InChI is InChI=1S/C12H10ClN3O/c13-9-7-10(15-12(14-9)8-4-5-8)16-6-2-1-3-11(16)17/h1-3,6-8H,4-5H2. The summed E-state index contributed by atoms with van der Waals surface area (Å²) >= 11 is 5.96. The summed E-state index contributed by atoms with van der Waals surface area (Å²) in [4.78, 5) is 20.3. The van der Waals surface area contributed by atoms with E-state index in [1.165, 1.54) is 10.6 Å². The average molecular weight is 248 g/mol. The lowest BCUT2D eigenvalue weighted by Crippen LogP contribution is -2.17. The molecule has 1 aliphatic carbocycles. The van der Waals surface area contributed by atoms with Gasteiger partial charge in [-0.25, -0.2) is 9.97 Å². The van der Waals surface area contributed by atoms with Crippen LogP contribution in [0.1, 0.15) is 24.6 Å². The van der Waals surface area contributed by atoms with Crippen molar-refractivity contribution in [3.63, 3.8) is 0 Å². The van der Waals surface area contributed by atoms with Crippen molar-refractivity contribution in [2.75, 3.05) is 0 Å². The van der Waals surface area contributed by atoms with E-state index >= 15 is 0 Å². The molecule has 0 N–H and O–H groups in total. The molecule has 0 unspecified atom stereocenters. The van der Waals surface area contributed by atoms with E-state index in [2.05, 4.69) is 9.97 Å². The number of hydrogen-bond acceptors (Lipinski definition) is 3. The van der Waals surface area contributed by atoms with E-state index in [9.17, 15) is 4.79 Å². The van der Waals surface area contributed by atoms with E-state index < -0.39 is 0 Å². The molecule has 0 amide bonds. The van der Waals surface area contributed by atoms with Crippen molar-refractivity contribution in [3.05, 3.63) is 51.8 Å². The molecule has 0 radical (unpaired) electrons. The Bertz CT molecular complexity index is 619. The Morgan fingerprint density at radius 1 is 1.29 bits per heavy atom. The molecule has 5 heteroatoms. The molecule has 0 atom stereocenters. The highest BCUT2D eigenvalue weighted by Gasteiger charge is 2.27. The van der Waals surface area contributed by atoms with Crippen molar-refractivity contribution < 1.29 is 0 Å². The van der Waals surface area contributed by atoms with Crippen LogP contribution in [-0.4, -0.2) is 14.5 Å². The van der Waals surface area contributed by atoms with E-state index in [1.54, 1.807) is 24.4 Å². The zero-order chi connectivity index (χ0) is 11.8. The molecule has 1 saturated carbocycles. The third-order valence-corrected chi connectivity index (χ3v) is 2.90. The van der Waals surface area contributed by atoms with Crippen LogP contribution < -0.4 is 5.56 Å². The first-order valence-electron chi connectivity index (χ1n) is 5.46. The van der Waals surface area contributed by atoms with Crippen LogP contribution in [0.25, 0.3) is 5.82 Å². The first-order valence-corrected chi connectivity index (χ1v) is 5.84. The summed E-state index contributed by atoms with van der Waals surface area (Å²) in [6.07, 6.45) is 3.88. The quantitative estimate of drug-likeness (QED) is 0.764. The topological polar surface area (TPSA) is 47.8 Å². The molecule has 4 nitrogen and oxygen atoms in total. The summed E-state index contributed by atoms with van der Waals surface area (Å²) in [7, 11) is 0. The fraction of sp³-hybridized carbons (Fsp3) is 0.250. The third kappa shape index (κ3) is 2.08. The van der Waals surface area contributed by atoms with Gasteiger partial charge in [-0.1, -0.05) is 17.7 Å². The molecular formula is C12H10ClN3O. The summed E-state index contributed by atoms with van der Waals surface area (Å²) in [5.41, 5.74) is -0.121. The van der Waals surface area contributed by atoms with Gasteiger partial charge >= 0.3 is 0 Å². The van der Waals surface area contributed by atoms with E-state index in [0.717, 1.165) is 18.7 Å². The molecule has 0 saturated heterocycles. The minimum absolute atomic E-state index is 0.121. The molecule has 86 valence electrons. The smallest absolute Gasteiger partial charge is 0.256 e. The van der Waals surface area contributed by atoms with Gasteiger partial charge in [-0.15, -0.1) is 0 Å². The van der Waals surface area contributed by atoms with Crippen molar-refractivity contribution in [1.29, 1.82) is 0 Å². The normalized spacial score (nSPS) is 14.9. The molecule has 0 spiro atoms.